The van der Waals surface area contributed by atoms with Gasteiger partial charge in [0.2, 0.25) is 0 Å². The van der Waals surface area contributed by atoms with Gasteiger partial charge in [0, 0.05) is 11.6 Å². The monoisotopic (exact) mass is 326 g/mol. The summed E-state index contributed by atoms with van der Waals surface area (Å²) in [5.74, 6) is -3.45. The Kier molecular flexibility index (Phi) is 4.81. The predicted octanol–water partition coefficient (Wildman–Crippen LogP) is 2.68. The number of thiazole rings is 1. The number of aryl methyl sites for hydroxylation is 1. The third-order valence-corrected chi connectivity index (χ3v) is 3.90. The smallest absolute Gasteiger partial charge is 0.305 e. The molecular weight excluding hydrogens is 314 g/mol. The number of nitrogens with zero attached hydrogens (tertiary/aromatic N) is 1. The van der Waals surface area contributed by atoms with Crippen LogP contribution in [-0.4, -0.2) is 22.0 Å². The average molecular weight is 326 g/mol. The Hall–Kier alpha value is -2.35. The number of carboxylic acids is 1. The molecule has 5 nitrogen and oxygen atoms in total. The number of carboxylic acid groups (broad SMARTS) is 1. The van der Waals surface area contributed by atoms with Gasteiger partial charge in [0.25, 0.3) is 5.91 Å². The largest absolute Gasteiger partial charge is 0.481 e. The number of carbonyl (C=O) groups is 2. The van der Waals surface area contributed by atoms with Crippen molar-refractivity contribution in [2.45, 2.75) is 19.4 Å². The van der Waals surface area contributed by atoms with E-state index in [4.69, 9.17) is 5.11 Å². The van der Waals surface area contributed by atoms with Crippen LogP contribution in [0, 0.1) is 18.6 Å². The number of rotatable bonds is 5. The molecule has 8 heteroatoms. The molecule has 2 rings (SSSR count). The van der Waals surface area contributed by atoms with Crippen LogP contribution in [0.15, 0.2) is 23.7 Å². The lowest BCUT2D eigenvalue weighted by Crippen LogP contribution is -2.30. The Morgan fingerprint density at radius 2 is 2.14 bits per heavy atom. The molecule has 116 valence electrons. The molecule has 0 fully saturated rings. The molecular formula is C14H12F2N2O3S. The SMILES string of the molecule is Cc1ncsc1C(=O)NC(CC(=O)O)c1ccc(F)cc1F. The van der Waals surface area contributed by atoms with Crippen LogP contribution >= 0.6 is 11.3 Å². The Bertz CT molecular complexity index is 718. The third kappa shape index (κ3) is 3.64. The highest BCUT2D eigenvalue weighted by Gasteiger charge is 2.23. The lowest BCUT2D eigenvalue weighted by molar-refractivity contribution is -0.137. The molecule has 22 heavy (non-hydrogen) atoms. The molecule has 1 aromatic carbocycles. The first-order chi connectivity index (χ1) is 10.4. The van der Waals surface area contributed by atoms with Crippen LogP contribution in [0.25, 0.3) is 0 Å². The number of benzene rings is 1. The third-order valence-electron chi connectivity index (χ3n) is 2.97. The molecule has 0 saturated heterocycles. The number of hydrogen-bond acceptors (Lipinski definition) is 4. The maximum Gasteiger partial charge on any atom is 0.305 e. The minimum atomic E-state index is -1.21. The van der Waals surface area contributed by atoms with Crippen molar-refractivity contribution in [3.63, 3.8) is 0 Å². The van der Waals surface area contributed by atoms with Crippen LogP contribution in [0.4, 0.5) is 8.78 Å². The van der Waals surface area contributed by atoms with Crippen molar-refractivity contribution in [1.82, 2.24) is 10.3 Å². The molecule has 1 atom stereocenters. The Balaban J connectivity index is 2.28. The van der Waals surface area contributed by atoms with Crippen molar-refractivity contribution in [1.29, 1.82) is 0 Å². The highest BCUT2D eigenvalue weighted by molar-refractivity contribution is 7.11. The van der Waals surface area contributed by atoms with Gasteiger partial charge < -0.3 is 10.4 Å². The highest BCUT2D eigenvalue weighted by Crippen LogP contribution is 2.23. The van der Waals surface area contributed by atoms with E-state index < -0.39 is 36.0 Å². The molecule has 0 aliphatic rings. The summed E-state index contributed by atoms with van der Waals surface area (Å²) in [6.45, 7) is 1.64. The summed E-state index contributed by atoms with van der Waals surface area (Å²) in [6.07, 6.45) is -0.522. The molecule has 0 radical (unpaired) electrons. The number of aliphatic carboxylic acids is 1. The number of nitrogens with one attached hydrogen (secondary N) is 1. The first-order valence-corrected chi connectivity index (χ1v) is 7.14. The summed E-state index contributed by atoms with van der Waals surface area (Å²) in [6, 6.07) is 1.68. The fourth-order valence-electron chi connectivity index (χ4n) is 1.94. The van der Waals surface area contributed by atoms with Gasteiger partial charge in [-0.15, -0.1) is 11.3 Å². The molecule has 0 saturated carbocycles. The maximum absolute atomic E-state index is 13.8. The zero-order chi connectivity index (χ0) is 16.3. The summed E-state index contributed by atoms with van der Waals surface area (Å²) < 4.78 is 26.8. The summed E-state index contributed by atoms with van der Waals surface area (Å²) >= 11 is 1.10. The molecule has 0 aliphatic carbocycles. The van der Waals surface area contributed by atoms with Gasteiger partial charge in [0.1, 0.15) is 16.5 Å². The van der Waals surface area contributed by atoms with E-state index in [9.17, 15) is 18.4 Å². The summed E-state index contributed by atoms with van der Waals surface area (Å²) in [4.78, 5) is 27.3. The second kappa shape index (κ2) is 6.61. The lowest BCUT2D eigenvalue weighted by Gasteiger charge is -2.18. The van der Waals surface area contributed by atoms with Crippen molar-refractivity contribution >= 4 is 23.2 Å². The first kappa shape index (κ1) is 16.0. The van der Waals surface area contributed by atoms with E-state index in [1.807, 2.05) is 0 Å². The van der Waals surface area contributed by atoms with Gasteiger partial charge in [-0.1, -0.05) is 6.07 Å². The van der Waals surface area contributed by atoms with Crippen molar-refractivity contribution in [3.8, 4) is 0 Å². The summed E-state index contributed by atoms with van der Waals surface area (Å²) in [5, 5.41) is 11.4. The average Bonchev–Trinajstić information content (AvgIpc) is 2.83. The van der Waals surface area contributed by atoms with E-state index in [-0.39, 0.29) is 5.56 Å². The predicted molar refractivity (Wildman–Crippen MR) is 75.7 cm³/mol. The molecule has 0 spiro atoms. The van der Waals surface area contributed by atoms with E-state index >= 15 is 0 Å². The van der Waals surface area contributed by atoms with Crippen LogP contribution in [0.3, 0.4) is 0 Å². The molecule has 2 N–H and O–H groups in total. The van der Waals surface area contributed by atoms with Crippen LogP contribution in [-0.2, 0) is 4.79 Å². The standard InChI is InChI=1S/C14H12F2N2O3S/c1-7-13(22-6-17-7)14(21)18-11(5-12(19)20)9-3-2-8(15)4-10(9)16/h2-4,6,11H,5H2,1H3,(H,18,21)(H,19,20). The second-order valence-corrected chi connectivity index (χ2v) is 5.41. The number of hydrogen-bond donors (Lipinski definition) is 2. The molecule has 0 bridgehead atoms. The van der Waals surface area contributed by atoms with Gasteiger partial charge in [0.15, 0.2) is 0 Å². The van der Waals surface area contributed by atoms with Crippen LogP contribution in [0.5, 0.6) is 0 Å². The fraction of sp³-hybridized carbons (Fsp3) is 0.214. The number of halogens is 2. The lowest BCUT2D eigenvalue weighted by atomic mass is 10.0. The van der Waals surface area contributed by atoms with E-state index in [1.165, 1.54) is 5.51 Å². The normalized spacial score (nSPS) is 12.0. The summed E-state index contributed by atoms with van der Waals surface area (Å²) in [5.41, 5.74) is 1.89. The van der Waals surface area contributed by atoms with Crippen LogP contribution in [0.1, 0.15) is 33.4 Å². The minimum Gasteiger partial charge on any atom is -0.481 e. The van der Waals surface area contributed by atoms with Crippen LogP contribution < -0.4 is 5.32 Å². The van der Waals surface area contributed by atoms with Crippen molar-refractivity contribution in [2.75, 3.05) is 0 Å². The topological polar surface area (TPSA) is 79.3 Å². The van der Waals surface area contributed by atoms with Gasteiger partial charge in [0.05, 0.1) is 23.7 Å². The molecule has 1 unspecified atom stereocenters. The van der Waals surface area contributed by atoms with Crippen LogP contribution in [0.2, 0.25) is 0 Å². The minimum absolute atomic E-state index is 0.0840. The molecule has 1 heterocycles. The van der Waals surface area contributed by atoms with Gasteiger partial charge >= 0.3 is 5.97 Å². The molecule has 2 aromatic rings. The summed E-state index contributed by atoms with van der Waals surface area (Å²) in [7, 11) is 0. The maximum atomic E-state index is 13.8. The first-order valence-electron chi connectivity index (χ1n) is 6.26. The molecule has 0 aliphatic heterocycles. The van der Waals surface area contributed by atoms with Crippen molar-refractivity contribution < 1.29 is 23.5 Å². The zero-order valence-corrected chi connectivity index (χ0v) is 12.3. The fourth-order valence-corrected chi connectivity index (χ4v) is 2.65. The Morgan fingerprint density at radius 1 is 1.41 bits per heavy atom. The molecule has 1 aromatic heterocycles. The zero-order valence-electron chi connectivity index (χ0n) is 11.5. The van der Waals surface area contributed by atoms with Gasteiger partial charge in [-0.2, -0.15) is 0 Å². The Morgan fingerprint density at radius 3 is 2.68 bits per heavy atom. The van der Waals surface area contributed by atoms with E-state index in [1.54, 1.807) is 6.92 Å². The quantitative estimate of drug-likeness (QED) is 0.885. The Labute approximate surface area is 128 Å². The van der Waals surface area contributed by atoms with Gasteiger partial charge in [-0.05, 0) is 13.0 Å². The number of amides is 1. The number of aromatic nitrogens is 1. The van der Waals surface area contributed by atoms with E-state index in [2.05, 4.69) is 10.3 Å². The van der Waals surface area contributed by atoms with Gasteiger partial charge in [-0.3, -0.25) is 9.59 Å². The molecule has 1 amide bonds. The number of carbonyl (C=O) groups excluding carboxylic acids is 1. The van der Waals surface area contributed by atoms with Gasteiger partial charge in [-0.25, -0.2) is 13.8 Å². The second-order valence-electron chi connectivity index (χ2n) is 4.56. The highest BCUT2D eigenvalue weighted by atomic mass is 32.1. The van der Waals surface area contributed by atoms with Crippen molar-refractivity contribution in [2.24, 2.45) is 0 Å². The van der Waals surface area contributed by atoms with E-state index in [0.29, 0.717) is 16.6 Å². The van der Waals surface area contributed by atoms with Crippen molar-refractivity contribution in [3.05, 3.63) is 51.5 Å². The van der Waals surface area contributed by atoms with E-state index in [0.717, 1.165) is 23.5 Å².